The second-order valence-electron chi connectivity index (χ2n) is 5.07. The van der Waals surface area contributed by atoms with E-state index in [4.69, 9.17) is 15.2 Å². The molecule has 0 radical (unpaired) electrons. The Morgan fingerprint density at radius 3 is 2.48 bits per heavy atom. The summed E-state index contributed by atoms with van der Waals surface area (Å²) < 4.78 is 23.9. The van der Waals surface area contributed by atoms with Gasteiger partial charge in [-0.2, -0.15) is 0 Å². The number of methoxy groups -OCH3 is 1. The molecule has 112 valence electrons. The van der Waals surface area contributed by atoms with E-state index in [1.807, 2.05) is 25.1 Å². The van der Waals surface area contributed by atoms with Crippen molar-refractivity contribution in [3.05, 3.63) is 59.4 Å². The molecule has 0 aromatic heterocycles. The summed E-state index contributed by atoms with van der Waals surface area (Å²) in [6.45, 7) is 2.34. The summed E-state index contributed by atoms with van der Waals surface area (Å²) in [5, 5.41) is 0. The highest BCUT2D eigenvalue weighted by Gasteiger charge is 2.08. The number of nitrogens with two attached hydrogens (primary N) is 1. The predicted octanol–water partition coefficient (Wildman–Crippen LogP) is 3.30. The average Bonchev–Trinajstić information content (AvgIpc) is 2.47. The van der Waals surface area contributed by atoms with Crippen LogP contribution in [0, 0.1) is 5.82 Å². The standard InChI is InChI=1S/C17H20FNO2/c1-12(19)9-14-10-16(20-2)7-8-17(14)21-11-13-3-5-15(18)6-4-13/h3-8,10,12H,9,11,19H2,1-2H3. The van der Waals surface area contributed by atoms with Crippen LogP contribution in [-0.2, 0) is 13.0 Å². The molecule has 0 fully saturated rings. The predicted molar refractivity (Wildman–Crippen MR) is 81.1 cm³/mol. The first-order valence-electron chi connectivity index (χ1n) is 6.88. The monoisotopic (exact) mass is 289 g/mol. The quantitative estimate of drug-likeness (QED) is 0.887. The molecule has 1 atom stereocenters. The molecule has 0 saturated heterocycles. The van der Waals surface area contributed by atoms with Gasteiger partial charge in [-0.3, -0.25) is 0 Å². The van der Waals surface area contributed by atoms with Crippen molar-refractivity contribution in [2.75, 3.05) is 7.11 Å². The highest BCUT2D eigenvalue weighted by atomic mass is 19.1. The zero-order valence-electron chi connectivity index (χ0n) is 12.3. The van der Waals surface area contributed by atoms with Gasteiger partial charge >= 0.3 is 0 Å². The first-order valence-corrected chi connectivity index (χ1v) is 6.88. The summed E-state index contributed by atoms with van der Waals surface area (Å²) in [5.74, 6) is 1.30. The van der Waals surface area contributed by atoms with E-state index in [1.54, 1.807) is 19.2 Å². The van der Waals surface area contributed by atoms with Crippen molar-refractivity contribution in [1.82, 2.24) is 0 Å². The van der Waals surface area contributed by atoms with Gasteiger partial charge in [0.1, 0.15) is 23.9 Å². The summed E-state index contributed by atoms with van der Waals surface area (Å²) >= 11 is 0. The third-order valence-electron chi connectivity index (χ3n) is 3.12. The van der Waals surface area contributed by atoms with Crippen LogP contribution >= 0.6 is 0 Å². The molecular weight excluding hydrogens is 269 g/mol. The van der Waals surface area contributed by atoms with Gasteiger partial charge in [0.25, 0.3) is 0 Å². The van der Waals surface area contributed by atoms with Crippen molar-refractivity contribution in [3.63, 3.8) is 0 Å². The largest absolute Gasteiger partial charge is 0.497 e. The Morgan fingerprint density at radius 2 is 1.86 bits per heavy atom. The van der Waals surface area contributed by atoms with Crippen LogP contribution in [0.4, 0.5) is 4.39 Å². The lowest BCUT2D eigenvalue weighted by Gasteiger charge is -2.14. The van der Waals surface area contributed by atoms with Gasteiger partial charge in [-0.25, -0.2) is 4.39 Å². The Kier molecular flexibility index (Phi) is 5.17. The van der Waals surface area contributed by atoms with Gasteiger partial charge in [-0.1, -0.05) is 12.1 Å². The van der Waals surface area contributed by atoms with Gasteiger partial charge < -0.3 is 15.2 Å². The summed E-state index contributed by atoms with van der Waals surface area (Å²) in [6, 6.07) is 12.0. The fourth-order valence-electron chi connectivity index (χ4n) is 2.07. The lowest BCUT2D eigenvalue weighted by molar-refractivity contribution is 0.301. The molecule has 0 heterocycles. The van der Waals surface area contributed by atoms with Crippen LogP contribution in [-0.4, -0.2) is 13.2 Å². The fraction of sp³-hybridized carbons (Fsp3) is 0.294. The Labute approximate surface area is 124 Å². The smallest absolute Gasteiger partial charge is 0.123 e. The molecule has 1 unspecified atom stereocenters. The van der Waals surface area contributed by atoms with E-state index < -0.39 is 0 Å². The molecule has 2 aromatic carbocycles. The molecule has 21 heavy (non-hydrogen) atoms. The lowest BCUT2D eigenvalue weighted by atomic mass is 10.1. The van der Waals surface area contributed by atoms with E-state index >= 15 is 0 Å². The lowest BCUT2D eigenvalue weighted by Crippen LogP contribution is -2.18. The van der Waals surface area contributed by atoms with E-state index in [9.17, 15) is 4.39 Å². The van der Waals surface area contributed by atoms with Gasteiger partial charge in [0.2, 0.25) is 0 Å². The van der Waals surface area contributed by atoms with Crippen LogP contribution in [0.5, 0.6) is 11.5 Å². The molecular formula is C17H20FNO2. The zero-order valence-corrected chi connectivity index (χ0v) is 12.3. The summed E-state index contributed by atoms with van der Waals surface area (Å²) in [4.78, 5) is 0. The molecule has 2 rings (SSSR count). The molecule has 3 nitrogen and oxygen atoms in total. The molecule has 0 aliphatic heterocycles. The van der Waals surface area contributed by atoms with Crippen LogP contribution < -0.4 is 15.2 Å². The van der Waals surface area contributed by atoms with Crippen molar-refractivity contribution in [1.29, 1.82) is 0 Å². The SMILES string of the molecule is COc1ccc(OCc2ccc(F)cc2)c(CC(C)N)c1. The van der Waals surface area contributed by atoms with Gasteiger partial charge in [0.05, 0.1) is 7.11 Å². The van der Waals surface area contributed by atoms with Crippen molar-refractivity contribution >= 4 is 0 Å². The second kappa shape index (κ2) is 7.09. The molecule has 2 aromatic rings. The second-order valence-corrected chi connectivity index (χ2v) is 5.07. The first-order chi connectivity index (χ1) is 10.1. The number of rotatable bonds is 6. The van der Waals surface area contributed by atoms with Crippen molar-refractivity contribution in [3.8, 4) is 11.5 Å². The molecule has 4 heteroatoms. The summed E-state index contributed by atoms with van der Waals surface area (Å²) in [6.07, 6.45) is 0.704. The fourth-order valence-corrected chi connectivity index (χ4v) is 2.07. The third-order valence-corrected chi connectivity index (χ3v) is 3.12. The minimum atomic E-state index is -0.249. The maximum Gasteiger partial charge on any atom is 0.123 e. The van der Waals surface area contributed by atoms with Gasteiger partial charge in [-0.05, 0) is 54.8 Å². The number of hydrogen-bond donors (Lipinski definition) is 1. The third kappa shape index (κ3) is 4.46. The van der Waals surface area contributed by atoms with E-state index in [-0.39, 0.29) is 11.9 Å². The summed E-state index contributed by atoms with van der Waals surface area (Å²) in [7, 11) is 1.63. The number of hydrogen-bond acceptors (Lipinski definition) is 3. The average molecular weight is 289 g/mol. The first kappa shape index (κ1) is 15.3. The zero-order chi connectivity index (χ0) is 15.2. The molecule has 0 saturated carbocycles. The number of benzene rings is 2. The number of ether oxygens (including phenoxy) is 2. The van der Waals surface area contributed by atoms with Crippen LogP contribution in [0.2, 0.25) is 0 Å². The Hall–Kier alpha value is -2.07. The van der Waals surface area contributed by atoms with Crippen LogP contribution in [0.25, 0.3) is 0 Å². The molecule has 0 aliphatic carbocycles. The van der Waals surface area contributed by atoms with Crippen LogP contribution in [0.3, 0.4) is 0 Å². The normalized spacial score (nSPS) is 12.0. The van der Waals surface area contributed by atoms with Gasteiger partial charge in [0.15, 0.2) is 0 Å². The van der Waals surface area contributed by atoms with E-state index in [1.165, 1.54) is 12.1 Å². The highest BCUT2D eigenvalue weighted by Crippen LogP contribution is 2.26. The molecule has 2 N–H and O–H groups in total. The van der Waals surface area contributed by atoms with Crippen molar-refractivity contribution in [2.24, 2.45) is 5.73 Å². The minimum Gasteiger partial charge on any atom is -0.497 e. The minimum absolute atomic E-state index is 0.0327. The Bertz CT molecular complexity index is 582. The highest BCUT2D eigenvalue weighted by molar-refractivity contribution is 5.41. The maximum atomic E-state index is 12.9. The van der Waals surface area contributed by atoms with Crippen molar-refractivity contribution in [2.45, 2.75) is 26.0 Å². The molecule has 0 spiro atoms. The molecule has 0 bridgehead atoms. The Morgan fingerprint density at radius 1 is 1.14 bits per heavy atom. The topological polar surface area (TPSA) is 44.5 Å². The van der Waals surface area contributed by atoms with E-state index in [2.05, 4.69) is 0 Å². The van der Waals surface area contributed by atoms with Gasteiger partial charge in [-0.15, -0.1) is 0 Å². The number of halogens is 1. The molecule has 0 aliphatic rings. The van der Waals surface area contributed by atoms with Gasteiger partial charge in [0, 0.05) is 6.04 Å². The van der Waals surface area contributed by atoms with Crippen molar-refractivity contribution < 1.29 is 13.9 Å². The summed E-state index contributed by atoms with van der Waals surface area (Å²) in [5.41, 5.74) is 7.79. The molecule has 0 amide bonds. The van der Waals surface area contributed by atoms with Crippen LogP contribution in [0.15, 0.2) is 42.5 Å². The maximum absolute atomic E-state index is 12.9. The van der Waals surface area contributed by atoms with E-state index in [0.29, 0.717) is 13.0 Å². The Balaban J connectivity index is 2.12. The van der Waals surface area contributed by atoms with Crippen LogP contribution in [0.1, 0.15) is 18.1 Å². The van der Waals surface area contributed by atoms with E-state index in [0.717, 1.165) is 22.6 Å².